The summed E-state index contributed by atoms with van der Waals surface area (Å²) in [5, 5.41) is 43.3. The predicted octanol–water partition coefficient (Wildman–Crippen LogP) is 4.27. The summed E-state index contributed by atoms with van der Waals surface area (Å²) in [6.07, 6.45) is 2.09. The zero-order valence-electron chi connectivity index (χ0n) is 25.7. The molecule has 13 nitrogen and oxygen atoms in total. The number of hydrogen-bond donors (Lipinski definition) is 5. The molecule has 1 aliphatic heterocycles. The van der Waals surface area contributed by atoms with Crippen LogP contribution < -0.4 is 10.8 Å². The number of aliphatic hydroxyl groups excluding tert-OH is 1. The molecule has 0 spiro atoms. The van der Waals surface area contributed by atoms with Gasteiger partial charge in [-0.3, -0.25) is 14.8 Å². The molecule has 0 aliphatic carbocycles. The number of aliphatic hydroxyl groups is 1. The fourth-order valence-electron chi connectivity index (χ4n) is 5.10. The van der Waals surface area contributed by atoms with Gasteiger partial charge < -0.3 is 25.0 Å². The summed E-state index contributed by atoms with van der Waals surface area (Å²) in [5.41, 5.74) is 5.91. The van der Waals surface area contributed by atoms with Crippen LogP contribution in [-0.4, -0.2) is 59.3 Å². The second-order valence-electron chi connectivity index (χ2n) is 11.2. The number of rotatable bonds is 15. The maximum Gasteiger partial charge on any atom is 0.243 e. The highest BCUT2D eigenvalue weighted by atomic mass is 32.2. The lowest BCUT2D eigenvalue weighted by Gasteiger charge is -2.36. The fourth-order valence-corrected chi connectivity index (χ4v) is 6.01. The molecule has 3 aromatic carbocycles. The average Bonchev–Trinajstić information content (AvgIpc) is 3.58. The van der Waals surface area contributed by atoms with E-state index < -0.39 is 12.2 Å². The molecule has 4 aromatic rings. The Hall–Kier alpha value is -4.34. The van der Waals surface area contributed by atoms with Crippen molar-refractivity contribution in [3.05, 3.63) is 95.1 Å². The van der Waals surface area contributed by atoms with Crippen LogP contribution in [0.2, 0.25) is 0 Å². The minimum atomic E-state index is -0.637. The van der Waals surface area contributed by atoms with Gasteiger partial charge in [-0.05, 0) is 64.2 Å². The molecular weight excluding hydrogens is 624 g/mol. The van der Waals surface area contributed by atoms with Gasteiger partial charge in [0.05, 0.1) is 24.5 Å². The van der Waals surface area contributed by atoms with Crippen molar-refractivity contribution in [1.29, 1.82) is 0 Å². The molecule has 3 unspecified atom stereocenters. The molecule has 1 aliphatic rings. The summed E-state index contributed by atoms with van der Waals surface area (Å²) in [4.78, 5) is 23.4. The Morgan fingerprint density at radius 3 is 2.26 bits per heavy atom. The number of phenolic OH excluding ortho intramolecular Hbond substituents is 1. The van der Waals surface area contributed by atoms with E-state index in [0.717, 1.165) is 34.4 Å². The third-order valence-electron chi connectivity index (χ3n) is 7.72. The van der Waals surface area contributed by atoms with Gasteiger partial charge in [0.15, 0.2) is 6.29 Å². The number of hydroxylamine groups is 1. The Bertz CT molecular complexity index is 1580. The standard InChI is InChI=1S/C33H38N6O7S/c40-20-23-8-10-24(11-9-23)29-18-28(21-47-33-35-37-38-39(33)26-14-16-27(41)17-15-26)45-32(46-29)25-12-6-22(7-13-25)19-34-30(42)4-2-1-3-5-31(43)36-44/h6-17,28-29,32,40-41,44H,1-5,18-21H2,(H,34,42)(H,36,43). The van der Waals surface area contributed by atoms with Crippen molar-refractivity contribution in [2.75, 3.05) is 5.75 Å². The first-order chi connectivity index (χ1) is 22.9. The number of carbonyl (C=O) groups excluding carboxylic acids is 2. The molecule has 1 saturated heterocycles. The van der Waals surface area contributed by atoms with Crippen LogP contribution in [0.3, 0.4) is 0 Å². The number of tetrazole rings is 1. The van der Waals surface area contributed by atoms with Crippen molar-refractivity contribution in [2.24, 2.45) is 0 Å². The third kappa shape index (κ3) is 9.83. The van der Waals surface area contributed by atoms with E-state index in [2.05, 4.69) is 20.8 Å². The molecule has 2 amide bonds. The van der Waals surface area contributed by atoms with Crippen molar-refractivity contribution in [1.82, 2.24) is 31.0 Å². The van der Waals surface area contributed by atoms with E-state index in [-0.39, 0.29) is 36.9 Å². The van der Waals surface area contributed by atoms with Gasteiger partial charge in [0.2, 0.25) is 17.0 Å². The Morgan fingerprint density at radius 2 is 1.55 bits per heavy atom. The first-order valence-electron chi connectivity index (χ1n) is 15.4. The van der Waals surface area contributed by atoms with E-state index in [1.807, 2.05) is 48.5 Å². The van der Waals surface area contributed by atoms with Crippen molar-refractivity contribution >= 4 is 23.6 Å². The molecule has 5 N–H and O–H groups in total. The smallest absolute Gasteiger partial charge is 0.243 e. The van der Waals surface area contributed by atoms with Crippen LogP contribution >= 0.6 is 11.8 Å². The van der Waals surface area contributed by atoms with E-state index in [4.69, 9.17) is 14.7 Å². The van der Waals surface area contributed by atoms with Crippen molar-refractivity contribution in [3.63, 3.8) is 0 Å². The van der Waals surface area contributed by atoms with Crippen LogP contribution in [0.15, 0.2) is 78.0 Å². The topological polar surface area (TPSA) is 181 Å². The van der Waals surface area contributed by atoms with Crippen LogP contribution in [-0.2, 0) is 32.2 Å². The fraction of sp³-hybridized carbons (Fsp3) is 0.364. The van der Waals surface area contributed by atoms with Gasteiger partial charge in [0, 0.05) is 37.1 Å². The maximum absolute atomic E-state index is 12.3. The van der Waals surface area contributed by atoms with Crippen LogP contribution in [0.4, 0.5) is 0 Å². The summed E-state index contributed by atoms with van der Waals surface area (Å²) in [7, 11) is 0. The van der Waals surface area contributed by atoms with Crippen LogP contribution in [0.25, 0.3) is 5.69 Å². The van der Waals surface area contributed by atoms with E-state index in [1.165, 1.54) is 11.8 Å². The van der Waals surface area contributed by atoms with E-state index in [1.54, 1.807) is 34.4 Å². The summed E-state index contributed by atoms with van der Waals surface area (Å²) in [6.45, 7) is 0.345. The van der Waals surface area contributed by atoms with Gasteiger partial charge in [-0.25, -0.2) is 5.48 Å². The largest absolute Gasteiger partial charge is 0.508 e. The highest BCUT2D eigenvalue weighted by Gasteiger charge is 2.32. The van der Waals surface area contributed by atoms with E-state index >= 15 is 0 Å². The second-order valence-corrected chi connectivity index (χ2v) is 12.2. The normalized spacial score (nSPS) is 17.7. The number of ether oxygens (including phenoxy) is 2. The summed E-state index contributed by atoms with van der Waals surface area (Å²) >= 11 is 1.46. The maximum atomic E-state index is 12.3. The number of unbranched alkanes of at least 4 members (excludes halogenated alkanes) is 2. The van der Waals surface area contributed by atoms with Crippen LogP contribution in [0, 0.1) is 0 Å². The number of nitrogens with zero attached hydrogens (tertiary/aromatic N) is 4. The molecule has 0 saturated carbocycles. The first kappa shape index (κ1) is 34.0. The van der Waals surface area contributed by atoms with E-state index in [0.29, 0.717) is 43.1 Å². The molecular formula is C33H38N6O7S. The van der Waals surface area contributed by atoms with Gasteiger partial charge >= 0.3 is 0 Å². The third-order valence-corrected chi connectivity index (χ3v) is 8.77. The lowest BCUT2D eigenvalue weighted by atomic mass is 10.0. The minimum absolute atomic E-state index is 0.0368. The Morgan fingerprint density at radius 1 is 0.872 bits per heavy atom. The highest BCUT2D eigenvalue weighted by molar-refractivity contribution is 7.99. The molecule has 2 heterocycles. The molecule has 14 heteroatoms. The van der Waals surface area contributed by atoms with Gasteiger partial charge in [-0.15, -0.1) is 5.10 Å². The summed E-state index contributed by atoms with van der Waals surface area (Å²) < 4.78 is 14.5. The van der Waals surface area contributed by atoms with Gasteiger partial charge in [0.1, 0.15) is 5.75 Å². The van der Waals surface area contributed by atoms with Crippen LogP contribution in [0.1, 0.15) is 73.2 Å². The Kier molecular flexibility index (Phi) is 12.3. The zero-order valence-corrected chi connectivity index (χ0v) is 26.5. The van der Waals surface area contributed by atoms with Gasteiger partial charge in [-0.1, -0.05) is 66.7 Å². The van der Waals surface area contributed by atoms with Crippen molar-refractivity contribution < 1.29 is 34.5 Å². The lowest BCUT2D eigenvalue weighted by molar-refractivity contribution is -0.245. The molecule has 5 rings (SSSR count). The lowest BCUT2D eigenvalue weighted by Crippen LogP contribution is -2.31. The zero-order chi connectivity index (χ0) is 33.0. The number of benzene rings is 3. The van der Waals surface area contributed by atoms with Gasteiger partial charge in [0.25, 0.3) is 0 Å². The summed E-state index contributed by atoms with van der Waals surface area (Å²) in [6, 6.07) is 22.1. The number of aromatic nitrogens is 4. The van der Waals surface area contributed by atoms with Gasteiger partial charge in [-0.2, -0.15) is 4.68 Å². The van der Waals surface area contributed by atoms with E-state index in [9.17, 15) is 19.8 Å². The molecule has 248 valence electrons. The molecule has 1 fully saturated rings. The number of aromatic hydroxyl groups is 1. The Labute approximate surface area is 276 Å². The highest BCUT2D eigenvalue weighted by Crippen LogP contribution is 2.39. The van der Waals surface area contributed by atoms with Crippen molar-refractivity contribution in [3.8, 4) is 11.4 Å². The summed E-state index contributed by atoms with van der Waals surface area (Å²) in [5.74, 6) is 0.229. The second kappa shape index (κ2) is 17.0. The molecule has 0 radical (unpaired) electrons. The predicted molar refractivity (Wildman–Crippen MR) is 171 cm³/mol. The SMILES string of the molecule is O=C(CCCCCC(=O)NCc1ccc(C2OC(CSc3nnnn3-c3ccc(O)cc3)CC(c3ccc(CO)cc3)O2)cc1)NO. The molecule has 0 bridgehead atoms. The number of nitrogens with one attached hydrogen (secondary N) is 2. The van der Waals surface area contributed by atoms with Crippen LogP contribution in [0.5, 0.6) is 5.75 Å². The monoisotopic (exact) mass is 662 g/mol. The number of carbonyl (C=O) groups is 2. The average molecular weight is 663 g/mol. The number of amides is 2. The number of hydrogen-bond acceptors (Lipinski definition) is 11. The molecule has 1 aromatic heterocycles. The first-order valence-corrected chi connectivity index (χ1v) is 16.4. The minimum Gasteiger partial charge on any atom is -0.508 e. The molecule has 47 heavy (non-hydrogen) atoms. The quantitative estimate of drug-likeness (QED) is 0.0531. The Balaban J connectivity index is 1.20. The number of phenols is 1. The number of thioether (sulfide) groups is 1. The van der Waals surface area contributed by atoms with Crippen molar-refractivity contribution in [2.45, 2.75) is 75.3 Å². The molecule has 3 atom stereocenters.